The van der Waals surface area contributed by atoms with Gasteiger partial charge in [-0.25, -0.2) is 4.98 Å². The topological polar surface area (TPSA) is 58.9 Å². The number of nitrogens with zero attached hydrogens (tertiary/aromatic N) is 1. The molecule has 0 amide bonds. The Morgan fingerprint density at radius 3 is 2.78 bits per heavy atom. The van der Waals surface area contributed by atoms with Crippen LogP contribution in [0.3, 0.4) is 0 Å². The first-order valence-electron chi connectivity index (χ1n) is 5.85. The van der Waals surface area contributed by atoms with Crippen LogP contribution < -0.4 is 5.56 Å². The van der Waals surface area contributed by atoms with Gasteiger partial charge in [-0.05, 0) is 5.56 Å². The van der Waals surface area contributed by atoms with Crippen LogP contribution >= 0.6 is 0 Å². The summed E-state index contributed by atoms with van der Waals surface area (Å²) >= 11 is 0. The van der Waals surface area contributed by atoms with E-state index >= 15 is 0 Å². The van der Waals surface area contributed by atoms with E-state index in [4.69, 9.17) is 4.42 Å². The van der Waals surface area contributed by atoms with Crippen molar-refractivity contribution >= 4 is 11.1 Å². The second-order valence-corrected chi connectivity index (χ2v) is 4.03. The summed E-state index contributed by atoms with van der Waals surface area (Å²) < 4.78 is 5.65. The summed E-state index contributed by atoms with van der Waals surface area (Å²) in [6.45, 7) is 2.00. The Morgan fingerprint density at radius 1 is 1.28 bits per heavy atom. The highest BCUT2D eigenvalue weighted by molar-refractivity contribution is 5.93. The summed E-state index contributed by atoms with van der Waals surface area (Å²) in [6.07, 6.45) is 2.09. The summed E-state index contributed by atoms with van der Waals surface area (Å²) in [5.41, 5.74) is 2.06. The first-order valence-corrected chi connectivity index (χ1v) is 5.85. The largest absolute Gasteiger partial charge is 0.442 e. The minimum absolute atomic E-state index is 0.165. The summed E-state index contributed by atoms with van der Waals surface area (Å²) in [7, 11) is 0. The molecule has 0 aliphatic rings. The molecule has 0 aliphatic heterocycles. The lowest BCUT2D eigenvalue weighted by atomic mass is 10.0. The second kappa shape index (κ2) is 4.14. The van der Waals surface area contributed by atoms with Gasteiger partial charge in [0.15, 0.2) is 0 Å². The Kier molecular flexibility index (Phi) is 2.48. The molecule has 1 aromatic carbocycles. The number of benzene rings is 1. The maximum Gasteiger partial charge on any atom is 0.262 e. The smallest absolute Gasteiger partial charge is 0.262 e. The average Bonchev–Trinajstić information content (AvgIpc) is 2.79. The number of rotatable bonds is 2. The van der Waals surface area contributed by atoms with Gasteiger partial charge in [0.25, 0.3) is 5.56 Å². The Bertz CT molecular complexity index is 741. The fraction of sp³-hybridized carbons (Fsp3) is 0.143. The van der Waals surface area contributed by atoms with Crippen LogP contribution in [0.25, 0.3) is 22.2 Å². The first-order chi connectivity index (χ1) is 8.81. The van der Waals surface area contributed by atoms with Gasteiger partial charge in [-0.1, -0.05) is 37.3 Å². The lowest BCUT2D eigenvalue weighted by molar-refractivity contribution is 0.548. The van der Waals surface area contributed by atoms with Crippen molar-refractivity contribution in [3.8, 4) is 11.1 Å². The van der Waals surface area contributed by atoms with Crippen molar-refractivity contribution in [1.82, 2.24) is 9.97 Å². The Balaban J connectivity index is 2.43. The molecule has 3 rings (SSSR count). The highest BCUT2D eigenvalue weighted by Gasteiger charge is 2.17. The number of hydrogen-bond acceptors (Lipinski definition) is 3. The Morgan fingerprint density at radius 2 is 2.06 bits per heavy atom. The molecule has 0 bridgehead atoms. The monoisotopic (exact) mass is 240 g/mol. The van der Waals surface area contributed by atoms with E-state index in [0.29, 0.717) is 11.1 Å². The molecule has 0 spiro atoms. The minimum Gasteiger partial charge on any atom is -0.442 e. The highest BCUT2D eigenvalue weighted by Crippen LogP contribution is 2.31. The van der Waals surface area contributed by atoms with Crippen molar-refractivity contribution in [3.63, 3.8) is 0 Å². The van der Waals surface area contributed by atoms with Gasteiger partial charge in [0.2, 0.25) is 5.71 Å². The molecular weight excluding hydrogens is 228 g/mol. The van der Waals surface area contributed by atoms with Crippen molar-refractivity contribution in [2.24, 2.45) is 0 Å². The number of nitrogens with one attached hydrogen (secondary N) is 1. The molecule has 4 nitrogen and oxygen atoms in total. The van der Waals surface area contributed by atoms with Crippen molar-refractivity contribution in [2.75, 3.05) is 0 Å². The summed E-state index contributed by atoms with van der Waals surface area (Å²) in [5.74, 6) is 0.792. The molecule has 0 saturated carbocycles. The van der Waals surface area contributed by atoms with Gasteiger partial charge >= 0.3 is 0 Å². The fourth-order valence-electron chi connectivity index (χ4n) is 2.15. The number of hydrogen-bond donors (Lipinski definition) is 1. The van der Waals surface area contributed by atoms with E-state index in [0.717, 1.165) is 23.3 Å². The highest BCUT2D eigenvalue weighted by atomic mass is 16.3. The molecule has 0 radical (unpaired) electrons. The number of H-pyrrole nitrogens is 1. The third-order valence-electron chi connectivity index (χ3n) is 2.95. The summed E-state index contributed by atoms with van der Waals surface area (Å²) in [5, 5.41) is 0.528. The SMILES string of the molecule is CCc1oc2nc[nH]c(=O)c2c1-c1ccccc1. The van der Waals surface area contributed by atoms with Crippen molar-refractivity contribution < 1.29 is 4.42 Å². The van der Waals surface area contributed by atoms with E-state index in [1.165, 1.54) is 6.33 Å². The maximum atomic E-state index is 11.9. The van der Waals surface area contributed by atoms with Crippen LogP contribution in [-0.2, 0) is 6.42 Å². The maximum absolute atomic E-state index is 11.9. The average molecular weight is 240 g/mol. The number of furan rings is 1. The predicted octanol–water partition coefficient (Wildman–Crippen LogP) is 2.75. The van der Waals surface area contributed by atoms with Crippen molar-refractivity contribution in [2.45, 2.75) is 13.3 Å². The molecule has 90 valence electrons. The van der Waals surface area contributed by atoms with Crippen molar-refractivity contribution in [3.05, 3.63) is 52.8 Å². The number of fused-ring (bicyclic) bond motifs is 1. The van der Waals surface area contributed by atoms with Crippen LogP contribution in [-0.4, -0.2) is 9.97 Å². The van der Waals surface area contributed by atoms with E-state index < -0.39 is 0 Å². The summed E-state index contributed by atoms with van der Waals surface area (Å²) in [6, 6.07) is 9.77. The standard InChI is InChI=1S/C14H12N2O2/c1-2-10-11(9-6-4-3-5-7-9)12-13(17)15-8-16-14(12)18-10/h3-8H,2H2,1H3,(H,15,16,17). The van der Waals surface area contributed by atoms with Gasteiger partial charge < -0.3 is 9.40 Å². The molecule has 0 atom stereocenters. The quantitative estimate of drug-likeness (QED) is 0.749. The first kappa shape index (κ1) is 10.8. The zero-order valence-electron chi connectivity index (χ0n) is 9.93. The molecule has 0 fully saturated rings. The third-order valence-corrected chi connectivity index (χ3v) is 2.95. The minimum atomic E-state index is -0.165. The lowest BCUT2D eigenvalue weighted by Crippen LogP contribution is -2.05. The van der Waals surface area contributed by atoms with E-state index in [9.17, 15) is 4.79 Å². The van der Waals surface area contributed by atoms with Gasteiger partial charge in [0.05, 0.1) is 6.33 Å². The second-order valence-electron chi connectivity index (χ2n) is 4.03. The van der Waals surface area contributed by atoms with Crippen LogP contribution in [0.1, 0.15) is 12.7 Å². The number of aryl methyl sites for hydroxylation is 1. The van der Waals surface area contributed by atoms with E-state index in [-0.39, 0.29) is 5.56 Å². The lowest BCUT2D eigenvalue weighted by Gasteiger charge is -2.00. The molecule has 3 aromatic rings. The fourth-order valence-corrected chi connectivity index (χ4v) is 2.15. The van der Waals surface area contributed by atoms with Crippen LogP contribution in [0.5, 0.6) is 0 Å². The molecule has 2 heterocycles. The molecule has 4 heteroatoms. The van der Waals surface area contributed by atoms with Crippen LogP contribution in [0.2, 0.25) is 0 Å². The molecular formula is C14H12N2O2. The van der Waals surface area contributed by atoms with Crippen LogP contribution in [0.15, 0.2) is 45.9 Å². The Labute approximate surface area is 103 Å². The van der Waals surface area contributed by atoms with E-state index in [1.807, 2.05) is 37.3 Å². The number of aromatic nitrogens is 2. The van der Waals surface area contributed by atoms with E-state index in [2.05, 4.69) is 9.97 Å². The molecule has 0 aliphatic carbocycles. The van der Waals surface area contributed by atoms with Gasteiger partial charge in [-0.2, -0.15) is 0 Å². The van der Waals surface area contributed by atoms with Crippen LogP contribution in [0, 0.1) is 0 Å². The summed E-state index contributed by atoms with van der Waals surface area (Å²) in [4.78, 5) is 18.6. The zero-order valence-corrected chi connectivity index (χ0v) is 9.93. The molecule has 0 unspecified atom stereocenters. The van der Waals surface area contributed by atoms with Gasteiger partial charge in [-0.15, -0.1) is 0 Å². The molecule has 0 saturated heterocycles. The van der Waals surface area contributed by atoms with Crippen molar-refractivity contribution in [1.29, 1.82) is 0 Å². The predicted molar refractivity (Wildman–Crippen MR) is 69.4 cm³/mol. The van der Waals surface area contributed by atoms with E-state index in [1.54, 1.807) is 0 Å². The zero-order chi connectivity index (χ0) is 12.5. The molecule has 18 heavy (non-hydrogen) atoms. The van der Waals surface area contributed by atoms with Gasteiger partial charge in [0, 0.05) is 12.0 Å². The molecule has 1 N–H and O–H groups in total. The normalized spacial score (nSPS) is 10.9. The third kappa shape index (κ3) is 1.54. The molecule has 2 aromatic heterocycles. The number of aromatic amines is 1. The van der Waals surface area contributed by atoms with Gasteiger partial charge in [0.1, 0.15) is 11.1 Å². The van der Waals surface area contributed by atoms with Crippen LogP contribution in [0.4, 0.5) is 0 Å². The Hall–Kier alpha value is -2.36. The van der Waals surface area contributed by atoms with Gasteiger partial charge in [-0.3, -0.25) is 4.79 Å².